The standard InChI is InChI=1S/C21H26BN4O2/c1-13-14(2)26(12-23-13)18-9-7-17(8-10-18)24-21(28)20(25-22-11-27)19(15-3-4-15)16-5-6-16/h7-12,15-16,19-20,25H,3-6H2,1-2H3,(H,24,28)/t20-/m0/s1. The van der Waals surface area contributed by atoms with Gasteiger partial charge in [-0.15, -0.1) is 0 Å². The van der Waals surface area contributed by atoms with E-state index >= 15 is 0 Å². The molecule has 2 aliphatic rings. The second kappa shape index (κ2) is 7.91. The number of carbonyl (C=O) groups is 2. The van der Waals surface area contributed by atoms with E-state index < -0.39 is 0 Å². The maximum Gasteiger partial charge on any atom is 0.291 e. The number of hydrogen-bond donors (Lipinski definition) is 2. The maximum absolute atomic E-state index is 13.0. The number of carbonyl (C=O) groups excluding carboxylic acids is 2. The zero-order chi connectivity index (χ0) is 19.7. The van der Waals surface area contributed by atoms with Gasteiger partial charge in [-0.3, -0.25) is 4.79 Å². The Morgan fingerprint density at radius 1 is 1.18 bits per heavy atom. The van der Waals surface area contributed by atoms with Gasteiger partial charge in [-0.05, 0) is 81.5 Å². The van der Waals surface area contributed by atoms with Crippen LogP contribution in [-0.2, 0) is 9.59 Å². The highest BCUT2D eigenvalue weighted by atomic mass is 16.2. The zero-order valence-corrected chi connectivity index (χ0v) is 16.4. The molecule has 1 aromatic carbocycles. The second-order valence-corrected chi connectivity index (χ2v) is 8.02. The van der Waals surface area contributed by atoms with Gasteiger partial charge in [0.05, 0.1) is 24.2 Å². The van der Waals surface area contributed by atoms with Gasteiger partial charge in [-0.2, -0.15) is 0 Å². The van der Waals surface area contributed by atoms with Crippen LogP contribution in [-0.4, -0.2) is 35.1 Å². The monoisotopic (exact) mass is 377 g/mol. The molecule has 0 bridgehead atoms. The molecule has 1 heterocycles. The Labute approximate surface area is 166 Å². The normalized spacial score (nSPS) is 17.4. The van der Waals surface area contributed by atoms with Crippen LogP contribution < -0.4 is 10.5 Å². The number of hydrogen-bond acceptors (Lipinski definition) is 4. The topological polar surface area (TPSA) is 76.0 Å². The van der Waals surface area contributed by atoms with Crippen molar-refractivity contribution < 1.29 is 9.59 Å². The average Bonchev–Trinajstić information content (AvgIpc) is 3.61. The predicted molar refractivity (Wildman–Crippen MR) is 110 cm³/mol. The molecule has 2 saturated carbocycles. The molecule has 2 fully saturated rings. The van der Waals surface area contributed by atoms with Gasteiger partial charge in [0, 0.05) is 17.1 Å². The third kappa shape index (κ3) is 4.04. The Kier molecular flexibility index (Phi) is 5.35. The van der Waals surface area contributed by atoms with Crippen LogP contribution in [0.25, 0.3) is 5.69 Å². The van der Waals surface area contributed by atoms with Crippen molar-refractivity contribution in [2.45, 2.75) is 45.6 Å². The Hall–Kier alpha value is -2.41. The second-order valence-electron chi connectivity index (χ2n) is 8.02. The summed E-state index contributed by atoms with van der Waals surface area (Å²) in [6.07, 6.45) is 7.26. The van der Waals surface area contributed by atoms with Crippen molar-refractivity contribution in [2.75, 3.05) is 5.32 Å². The molecular weight excluding hydrogens is 351 g/mol. The Bertz CT molecular complexity index is 844. The van der Waals surface area contributed by atoms with Crippen LogP contribution in [0.2, 0.25) is 0 Å². The molecule has 0 aliphatic heterocycles. The Morgan fingerprint density at radius 2 is 1.82 bits per heavy atom. The minimum atomic E-state index is -0.358. The van der Waals surface area contributed by atoms with Crippen LogP contribution in [0.4, 0.5) is 5.69 Å². The quantitative estimate of drug-likeness (QED) is 0.520. The first-order valence-electron chi connectivity index (χ1n) is 10.0. The third-order valence-electron chi connectivity index (χ3n) is 6.01. The molecule has 6 nitrogen and oxygen atoms in total. The molecule has 2 aromatic rings. The van der Waals surface area contributed by atoms with E-state index in [1.165, 1.54) is 33.1 Å². The van der Waals surface area contributed by atoms with Gasteiger partial charge in [0.2, 0.25) is 5.91 Å². The van der Waals surface area contributed by atoms with Gasteiger partial charge in [0.1, 0.15) is 0 Å². The molecule has 0 unspecified atom stereocenters. The Balaban J connectivity index is 1.47. The van der Waals surface area contributed by atoms with Crippen LogP contribution >= 0.6 is 0 Å². The minimum Gasteiger partial charge on any atom is -0.343 e. The number of rotatable bonds is 9. The van der Waals surface area contributed by atoms with Gasteiger partial charge >= 0.3 is 0 Å². The van der Waals surface area contributed by atoms with Crippen molar-refractivity contribution in [2.24, 2.45) is 17.8 Å². The van der Waals surface area contributed by atoms with Crippen molar-refractivity contribution in [3.05, 3.63) is 42.0 Å². The summed E-state index contributed by atoms with van der Waals surface area (Å²) >= 11 is 0. The molecule has 7 heteroatoms. The molecule has 2 N–H and O–H groups in total. The lowest BCUT2D eigenvalue weighted by molar-refractivity contribution is -0.119. The van der Waals surface area contributed by atoms with Gasteiger partial charge in [-0.25, -0.2) is 4.98 Å². The molecular formula is C21H26BN4O2. The number of aryl methyl sites for hydroxylation is 1. The number of anilines is 1. The summed E-state index contributed by atoms with van der Waals surface area (Å²) in [5, 5.41) is 6.10. The van der Waals surface area contributed by atoms with E-state index in [4.69, 9.17) is 0 Å². The van der Waals surface area contributed by atoms with E-state index in [9.17, 15) is 9.59 Å². The smallest absolute Gasteiger partial charge is 0.291 e. The van der Waals surface area contributed by atoms with Crippen molar-refractivity contribution >= 4 is 25.2 Å². The lowest BCUT2D eigenvalue weighted by atomic mass is 9.84. The minimum absolute atomic E-state index is 0.0655. The van der Waals surface area contributed by atoms with E-state index in [1.807, 2.05) is 49.0 Å². The van der Waals surface area contributed by atoms with Crippen LogP contribution in [0.1, 0.15) is 37.1 Å². The summed E-state index contributed by atoms with van der Waals surface area (Å²) in [6.45, 7) is 4.02. The first kappa shape index (κ1) is 18.9. The molecule has 1 aromatic heterocycles. The molecule has 2 aliphatic carbocycles. The molecule has 1 radical (unpaired) electrons. The van der Waals surface area contributed by atoms with Crippen molar-refractivity contribution in [1.29, 1.82) is 0 Å². The predicted octanol–water partition coefficient (Wildman–Crippen LogP) is 2.63. The average molecular weight is 377 g/mol. The van der Waals surface area contributed by atoms with Crippen molar-refractivity contribution in [3.63, 3.8) is 0 Å². The fourth-order valence-electron chi connectivity index (χ4n) is 4.08. The number of benzene rings is 1. The maximum atomic E-state index is 13.0. The Morgan fingerprint density at radius 3 is 2.32 bits per heavy atom. The number of imidazole rings is 1. The molecule has 0 spiro atoms. The highest BCUT2D eigenvalue weighted by molar-refractivity contribution is 6.64. The summed E-state index contributed by atoms with van der Waals surface area (Å²) < 4.78 is 2.03. The van der Waals surface area contributed by atoms with Crippen LogP contribution in [0.3, 0.4) is 0 Å². The molecule has 1 amide bonds. The molecule has 0 saturated heterocycles. The van der Waals surface area contributed by atoms with Gasteiger partial charge < -0.3 is 19.9 Å². The SMILES string of the molecule is Cc1ncn(-c2ccc(NC(=O)[C@@H](N[B]C=O)C(C3CC3)C3CC3)cc2)c1C. The van der Waals surface area contributed by atoms with E-state index in [-0.39, 0.29) is 11.9 Å². The largest absolute Gasteiger partial charge is 0.343 e. The van der Waals surface area contributed by atoms with Gasteiger partial charge in [0.25, 0.3) is 7.41 Å². The number of aromatic nitrogens is 2. The van der Waals surface area contributed by atoms with Crippen LogP contribution in [0.5, 0.6) is 0 Å². The van der Waals surface area contributed by atoms with Crippen LogP contribution in [0, 0.1) is 31.6 Å². The molecule has 1 atom stereocenters. The van der Waals surface area contributed by atoms with Gasteiger partial charge in [-0.1, -0.05) is 0 Å². The summed E-state index contributed by atoms with van der Waals surface area (Å²) in [6, 6.07) is 7.41. The van der Waals surface area contributed by atoms with E-state index in [0.29, 0.717) is 23.9 Å². The number of nitrogens with zero attached hydrogens (tertiary/aromatic N) is 2. The number of nitrogens with one attached hydrogen (secondary N) is 2. The fourth-order valence-corrected chi connectivity index (χ4v) is 4.08. The lowest BCUT2D eigenvalue weighted by Crippen LogP contribution is -2.49. The van der Waals surface area contributed by atoms with E-state index in [0.717, 1.165) is 22.8 Å². The highest BCUT2D eigenvalue weighted by Gasteiger charge is 2.47. The molecule has 145 valence electrons. The van der Waals surface area contributed by atoms with E-state index in [1.54, 1.807) is 0 Å². The summed E-state index contributed by atoms with van der Waals surface area (Å²) in [7, 11) is 1.36. The lowest BCUT2D eigenvalue weighted by Gasteiger charge is -2.27. The molecule has 4 rings (SSSR count). The number of amides is 1. The summed E-state index contributed by atoms with van der Waals surface area (Å²) in [5.74, 6) is 1.45. The van der Waals surface area contributed by atoms with E-state index in [2.05, 4.69) is 15.5 Å². The third-order valence-corrected chi connectivity index (χ3v) is 6.01. The molecule has 28 heavy (non-hydrogen) atoms. The summed E-state index contributed by atoms with van der Waals surface area (Å²) in [4.78, 5) is 28.2. The first-order valence-corrected chi connectivity index (χ1v) is 10.0. The zero-order valence-electron chi connectivity index (χ0n) is 16.4. The summed E-state index contributed by atoms with van der Waals surface area (Å²) in [5.41, 5.74) is 3.87. The van der Waals surface area contributed by atoms with Gasteiger partial charge in [0.15, 0.2) is 0 Å². The van der Waals surface area contributed by atoms with Crippen LogP contribution in [0.15, 0.2) is 30.6 Å². The van der Waals surface area contributed by atoms with Crippen molar-refractivity contribution in [1.82, 2.24) is 14.8 Å². The van der Waals surface area contributed by atoms with Crippen molar-refractivity contribution in [3.8, 4) is 5.69 Å². The first-order chi connectivity index (χ1) is 13.6. The highest BCUT2D eigenvalue weighted by Crippen LogP contribution is 2.50. The fraction of sp³-hybridized carbons (Fsp3) is 0.476.